The van der Waals surface area contributed by atoms with Crippen LogP contribution >= 0.6 is 0 Å². The molecule has 15 heteroatoms. The first-order valence-electron chi connectivity index (χ1n) is 19.3. The number of carbonyl (C=O) groups excluding carboxylic acids is 4. The summed E-state index contributed by atoms with van der Waals surface area (Å²) in [5.41, 5.74) is 2.72. The predicted octanol–water partition coefficient (Wildman–Crippen LogP) is 6.59. The van der Waals surface area contributed by atoms with Gasteiger partial charge in [0.2, 0.25) is 17.7 Å². The van der Waals surface area contributed by atoms with E-state index in [1.54, 1.807) is 36.7 Å². The number of halogens is 3. The van der Waals surface area contributed by atoms with Gasteiger partial charge in [-0.25, -0.2) is 9.97 Å². The highest BCUT2D eigenvalue weighted by Crippen LogP contribution is 2.33. The third kappa shape index (κ3) is 9.71. The normalized spacial score (nSPS) is 17.2. The van der Waals surface area contributed by atoms with E-state index in [4.69, 9.17) is 9.72 Å². The van der Waals surface area contributed by atoms with Crippen LogP contribution in [0.2, 0.25) is 0 Å². The maximum Gasteiger partial charge on any atom is 0.433 e. The zero-order valence-electron chi connectivity index (χ0n) is 32.1. The van der Waals surface area contributed by atoms with E-state index in [9.17, 15) is 32.3 Å². The molecule has 1 unspecified atom stereocenters. The van der Waals surface area contributed by atoms with Crippen LogP contribution in [0.25, 0.3) is 5.65 Å². The van der Waals surface area contributed by atoms with Crippen LogP contribution in [0.5, 0.6) is 5.75 Å². The summed E-state index contributed by atoms with van der Waals surface area (Å²) in [6.45, 7) is 5.27. The van der Waals surface area contributed by atoms with Crippen LogP contribution in [0.3, 0.4) is 0 Å². The van der Waals surface area contributed by atoms with Gasteiger partial charge in [-0.15, -0.1) is 0 Å². The fourth-order valence-electron chi connectivity index (χ4n) is 7.51. The van der Waals surface area contributed by atoms with E-state index < -0.39 is 29.5 Å². The number of hydrogen-bond acceptors (Lipinski definition) is 8. The van der Waals surface area contributed by atoms with Crippen molar-refractivity contribution >= 4 is 35.0 Å². The molecule has 0 aliphatic carbocycles. The number of carbonyl (C=O) groups is 4. The molecule has 2 aromatic carbocycles. The van der Waals surface area contributed by atoms with E-state index in [2.05, 4.69) is 38.0 Å². The van der Waals surface area contributed by atoms with Gasteiger partial charge in [-0.3, -0.25) is 29.4 Å². The van der Waals surface area contributed by atoms with Crippen LogP contribution in [-0.4, -0.2) is 68.6 Å². The molecule has 58 heavy (non-hydrogen) atoms. The number of anilines is 1. The second-order valence-corrected chi connectivity index (χ2v) is 15.0. The molecule has 3 N–H and O–H groups in total. The molecule has 2 atom stereocenters. The molecule has 0 radical (unpaired) electrons. The van der Waals surface area contributed by atoms with Gasteiger partial charge in [0.15, 0.2) is 0 Å². The number of fused-ring (bicyclic) bond motifs is 1. The summed E-state index contributed by atoms with van der Waals surface area (Å²) in [5, 5.41) is 8.27. The zero-order chi connectivity index (χ0) is 41.0. The number of ether oxygens (including phenoxy) is 1. The van der Waals surface area contributed by atoms with Crippen LogP contribution in [0.15, 0.2) is 91.3 Å². The summed E-state index contributed by atoms with van der Waals surface area (Å²) in [4.78, 5) is 61.2. The number of pyridine rings is 2. The van der Waals surface area contributed by atoms with Crippen LogP contribution in [0, 0.1) is 0 Å². The van der Waals surface area contributed by atoms with Crippen LogP contribution in [0.4, 0.5) is 18.9 Å². The number of piperidine rings is 2. The van der Waals surface area contributed by atoms with Crippen molar-refractivity contribution < 1.29 is 37.1 Å². The molecule has 302 valence electrons. The molecule has 4 amide bonds. The topological polar surface area (TPSA) is 147 Å². The van der Waals surface area contributed by atoms with E-state index in [-0.39, 0.29) is 47.7 Å². The van der Waals surface area contributed by atoms with Gasteiger partial charge in [0.1, 0.15) is 28.5 Å². The highest BCUT2D eigenvalue weighted by atomic mass is 19.4. The number of amides is 4. The first-order valence-corrected chi connectivity index (χ1v) is 19.3. The summed E-state index contributed by atoms with van der Waals surface area (Å²) in [7, 11) is 0. The fraction of sp³-hybridized carbons (Fsp3) is 0.349. The molecule has 0 saturated carbocycles. The lowest BCUT2D eigenvalue weighted by molar-refractivity contribution is -0.141. The second kappa shape index (κ2) is 17.2. The van der Waals surface area contributed by atoms with E-state index in [0.29, 0.717) is 36.5 Å². The molecule has 7 rings (SSSR count). The Bertz CT molecular complexity index is 2290. The maximum absolute atomic E-state index is 13.7. The van der Waals surface area contributed by atoms with Crippen molar-refractivity contribution in [1.82, 2.24) is 29.9 Å². The summed E-state index contributed by atoms with van der Waals surface area (Å²) in [6, 6.07) is 22.0. The Morgan fingerprint density at radius 1 is 0.914 bits per heavy atom. The van der Waals surface area contributed by atoms with E-state index in [1.165, 1.54) is 11.6 Å². The third-order valence-electron chi connectivity index (χ3n) is 10.4. The van der Waals surface area contributed by atoms with E-state index in [0.717, 1.165) is 49.2 Å². The number of benzene rings is 2. The lowest BCUT2D eigenvalue weighted by Crippen LogP contribution is -2.42. The number of rotatable bonds is 12. The Kier molecular flexibility index (Phi) is 11.9. The number of aromatic nitrogens is 3. The maximum atomic E-state index is 13.7. The van der Waals surface area contributed by atoms with Crippen molar-refractivity contribution in [3.63, 3.8) is 0 Å². The third-order valence-corrected chi connectivity index (χ3v) is 10.4. The van der Waals surface area contributed by atoms with Gasteiger partial charge < -0.3 is 19.8 Å². The van der Waals surface area contributed by atoms with Crippen molar-refractivity contribution in [3.05, 3.63) is 125 Å². The zero-order valence-corrected chi connectivity index (χ0v) is 32.1. The number of likely N-dealkylation sites (tertiary alicyclic amines) is 1. The Hall–Kier alpha value is -6.09. The van der Waals surface area contributed by atoms with Gasteiger partial charge >= 0.3 is 6.18 Å². The average molecular weight is 796 g/mol. The van der Waals surface area contributed by atoms with Crippen molar-refractivity contribution in [2.75, 3.05) is 25.0 Å². The lowest BCUT2D eigenvalue weighted by atomic mass is 9.86. The quantitative estimate of drug-likeness (QED) is 0.120. The van der Waals surface area contributed by atoms with E-state index in [1.807, 2.05) is 42.5 Å². The van der Waals surface area contributed by atoms with Gasteiger partial charge in [0.25, 0.3) is 5.91 Å². The van der Waals surface area contributed by atoms with Gasteiger partial charge in [-0.1, -0.05) is 60.7 Å². The number of nitrogens with one attached hydrogen (secondary N) is 3. The van der Waals surface area contributed by atoms with Crippen LogP contribution in [-0.2, 0) is 27.0 Å². The molecule has 5 aromatic rings. The predicted molar refractivity (Wildman–Crippen MR) is 209 cm³/mol. The summed E-state index contributed by atoms with van der Waals surface area (Å²) < 4.78 is 47.6. The van der Waals surface area contributed by atoms with Crippen molar-refractivity contribution in [1.29, 1.82) is 0 Å². The molecule has 2 saturated heterocycles. The van der Waals surface area contributed by atoms with Crippen LogP contribution in [0.1, 0.15) is 96.0 Å². The summed E-state index contributed by atoms with van der Waals surface area (Å²) in [6.07, 6.45) is 1.34. The summed E-state index contributed by atoms with van der Waals surface area (Å²) in [5.74, 6) is -1.22. The Morgan fingerprint density at radius 3 is 2.33 bits per heavy atom. The van der Waals surface area contributed by atoms with Crippen molar-refractivity contribution in [2.45, 2.75) is 76.1 Å². The van der Waals surface area contributed by atoms with Crippen LogP contribution < -0.4 is 20.7 Å². The van der Waals surface area contributed by atoms with Gasteiger partial charge in [-0.05, 0) is 87.4 Å². The van der Waals surface area contributed by atoms with Gasteiger partial charge in [-0.2, -0.15) is 13.2 Å². The molecule has 3 aromatic heterocycles. The number of hydrogen-bond donors (Lipinski definition) is 3. The van der Waals surface area contributed by atoms with Gasteiger partial charge in [0, 0.05) is 24.9 Å². The molecule has 2 aliphatic heterocycles. The Labute approximate surface area is 333 Å². The highest BCUT2D eigenvalue weighted by molar-refractivity contribution is 6.04. The minimum atomic E-state index is -4.71. The monoisotopic (exact) mass is 795 g/mol. The molecule has 2 fully saturated rings. The van der Waals surface area contributed by atoms with Gasteiger partial charge in [0.05, 0.1) is 30.3 Å². The minimum absolute atomic E-state index is 0.157. The molecule has 0 spiro atoms. The van der Waals surface area contributed by atoms with Crippen molar-refractivity contribution in [2.24, 2.45) is 0 Å². The smallest absolute Gasteiger partial charge is 0.433 e. The SMILES string of the molecule is CC(C)Oc1cc2nc([C@@H](Cc3ccccc3)NC(=O)CN3CCC(c4ccc(C5CCC(=O)NC5=O)cc4)CC3)cn2cc1NC(=O)c1cccc(C(F)(F)F)n1. The second-order valence-electron chi connectivity index (χ2n) is 15.0. The molecular weight excluding hydrogens is 752 g/mol. The number of alkyl halides is 3. The molecular formula is C43H44F3N7O5. The Balaban J connectivity index is 1.04. The first-order chi connectivity index (χ1) is 27.8. The number of imide groups is 1. The van der Waals surface area contributed by atoms with Crippen molar-refractivity contribution in [3.8, 4) is 5.75 Å². The largest absolute Gasteiger partial charge is 0.489 e. The number of nitrogens with zero attached hydrogens (tertiary/aromatic N) is 4. The molecule has 5 heterocycles. The fourth-order valence-corrected chi connectivity index (χ4v) is 7.51. The lowest BCUT2D eigenvalue weighted by Gasteiger charge is -2.32. The number of imidazole rings is 1. The molecule has 2 aliphatic rings. The Morgan fingerprint density at radius 2 is 1.64 bits per heavy atom. The molecule has 12 nitrogen and oxygen atoms in total. The highest BCUT2D eigenvalue weighted by Gasteiger charge is 2.33. The molecule has 0 bridgehead atoms. The first kappa shape index (κ1) is 40.1. The summed E-state index contributed by atoms with van der Waals surface area (Å²) >= 11 is 0. The minimum Gasteiger partial charge on any atom is -0.489 e. The van der Waals surface area contributed by atoms with E-state index >= 15 is 0 Å². The standard InChI is InChI=1S/C43H44F3N7O5/c1-26(2)58-36-22-38-48-34(23-53(38)24-35(36)50-42(57)32-9-6-10-37(47-32)43(44,45)46)33(21-27-7-4-3-5-8-27)49-40(55)25-52-19-17-29(18-20-52)28-11-13-30(14-12-28)31-15-16-39(54)51-41(31)56/h3-14,22-24,26,29,31,33H,15-21,25H2,1-2H3,(H,49,55)(H,50,57)(H,51,54,56)/t31?,33-/m1/s1. The average Bonchev–Trinajstić information content (AvgIpc) is 3.61.